The van der Waals surface area contributed by atoms with E-state index in [1.165, 1.54) is 36.3 Å². The predicted octanol–water partition coefficient (Wildman–Crippen LogP) is 4.40. The molecule has 0 fully saturated rings. The molecule has 0 radical (unpaired) electrons. The highest BCUT2D eigenvalue weighted by Crippen LogP contribution is 2.42. The molecule has 0 saturated carbocycles. The van der Waals surface area contributed by atoms with Crippen LogP contribution in [0.25, 0.3) is 11.0 Å². The SMILES string of the molecule is COc1cccc(N2C(=O)c3oc4ccc(F)cc4c(=O)c3C2c2ccc(O)cc2)c1. The second kappa shape index (κ2) is 6.98. The molecule has 0 spiro atoms. The summed E-state index contributed by atoms with van der Waals surface area (Å²) in [4.78, 5) is 28.3. The first-order valence-corrected chi connectivity index (χ1v) is 9.50. The van der Waals surface area contributed by atoms with Crippen molar-refractivity contribution in [3.8, 4) is 11.5 Å². The maximum atomic E-state index is 13.8. The van der Waals surface area contributed by atoms with Crippen molar-refractivity contribution in [2.45, 2.75) is 6.04 Å². The van der Waals surface area contributed by atoms with E-state index in [-0.39, 0.29) is 28.0 Å². The maximum absolute atomic E-state index is 13.8. The van der Waals surface area contributed by atoms with Gasteiger partial charge < -0.3 is 14.3 Å². The molecule has 0 saturated heterocycles. The molecule has 1 amide bonds. The molecule has 154 valence electrons. The van der Waals surface area contributed by atoms with Gasteiger partial charge in [-0.05, 0) is 48.0 Å². The second-order valence-corrected chi connectivity index (χ2v) is 7.19. The number of phenols is 1. The van der Waals surface area contributed by atoms with Gasteiger partial charge in [-0.1, -0.05) is 18.2 Å². The average molecular weight is 417 g/mol. The fourth-order valence-electron chi connectivity index (χ4n) is 3.94. The van der Waals surface area contributed by atoms with Crippen LogP contribution in [0.2, 0.25) is 0 Å². The third kappa shape index (κ3) is 2.93. The standard InChI is InChI=1S/C24H16FNO5/c1-30-17-4-2-3-15(12-17)26-21(13-5-8-16(27)9-6-13)20-22(28)18-11-14(25)7-10-19(18)31-23(20)24(26)29/h2-12,21,27H,1H3. The Bertz CT molecular complexity index is 1390. The molecule has 0 bridgehead atoms. The van der Waals surface area contributed by atoms with E-state index in [9.17, 15) is 19.1 Å². The molecule has 31 heavy (non-hydrogen) atoms. The smallest absolute Gasteiger partial charge is 0.295 e. The number of anilines is 1. The quantitative estimate of drug-likeness (QED) is 0.535. The summed E-state index contributed by atoms with van der Waals surface area (Å²) in [5, 5.41) is 9.76. The number of carbonyl (C=O) groups is 1. The van der Waals surface area contributed by atoms with Crippen molar-refractivity contribution in [3.63, 3.8) is 0 Å². The lowest BCUT2D eigenvalue weighted by molar-refractivity contribution is 0.0971. The summed E-state index contributed by atoms with van der Waals surface area (Å²) in [6.07, 6.45) is 0. The first-order valence-electron chi connectivity index (χ1n) is 9.50. The van der Waals surface area contributed by atoms with Gasteiger partial charge in [-0.15, -0.1) is 0 Å². The van der Waals surface area contributed by atoms with Crippen LogP contribution in [0.15, 0.2) is 75.9 Å². The van der Waals surface area contributed by atoms with Crippen molar-refractivity contribution in [3.05, 3.63) is 99.7 Å². The van der Waals surface area contributed by atoms with Crippen LogP contribution in [-0.4, -0.2) is 18.1 Å². The Hall–Kier alpha value is -4.13. The molecule has 7 heteroatoms. The van der Waals surface area contributed by atoms with E-state index in [1.54, 1.807) is 36.4 Å². The Kier molecular flexibility index (Phi) is 4.25. The van der Waals surface area contributed by atoms with Gasteiger partial charge in [0, 0.05) is 11.8 Å². The first kappa shape index (κ1) is 18.9. The largest absolute Gasteiger partial charge is 0.508 e. The van der Waals surface area contributed by atoms with Crippen molar-refractivity contribution in [2.75, 3.05) is 12.0 Å². The molecule has 2 heterocycles. The molecular weight excluding hydrogens is 401 g/mol. The Labute approximate surface area is 175 Å². The lowest BCUT2D eigenvalue weighted by Gasteiger charge is -2.25. The van der Waals surface area contributed by atoms with Gasteiger partial charge in [0.05, 0.1) is 24.1 Å². The molecule has 1 aromatic heterocycles. The van der Waals surface area contributed by atoms with Crippen LogP contribution in [0.5, 0.6) is 11.5 Å². The van der Waals surface area contributed by atoms with E-state index in [0.717, 1.165) is 6.07 Å². The number of carbonyl (C=O) groups excluding carboxylic acids is 1. The molecule has 3 aromatic carbocycles. The van der Waals surface area contributed by atoms with Crippen molar-refractivity contribution in [1.82, 2.24) is 0 Å². The molecular formula is C24H16FNO5. The fraction of sp³-hybridized carbons (Fsp3) is 0.0833. The number of halogens is 1. The van der Waals surface area contributed by atoms with Gasteiger partial charge in [-0.25, -0.2) is 4.39 Å². The summed E-state index contributed by atoms with van der Waals surface area (Å²) in [6, 6.07) is 15.9. The van der Waals surface area contributed by atoms with Gasteiger partial charge in [-0.3, -0.25) is 14.5 Å². The Balaban J connectivity index is 1.81. The second-order valence-electron chi connectivity index (χ2n) is 7.19. The van der Waals surface area contributed by atoms with E-state index in [1.807, 2.05) is 0 Å². The summed E-state index contributed by atoms with van der Waals surface area (Å²) >= 11 is 0. The molecule has 1 unspecified atom stereocenters. The zero-order valence-electron chi connectivity index (χ0n) is 16.3. The van der Waals surface area contributed by atoms with E-state index in [2.05, 4.69) is 0 Å². The van der Waals surface area contributed by atoms with Gasteiger partial charge >= 0.3 is 0 Å². The average Bonchev–Trinajstić information content (AvgIpc) is 3.07. The molecule has 1 aliphatic rings. The van der Waals surface area contributed by atoms with Crippen LogP contribution in [-0.2, 0) is 0 Å². The van der Waals surface area contributed by atoms with E-state index in [0.29, 0.717) is 17.0 Å². The number of benzene rings is 3. The van der Waals surface area contributed by atoms with Crippen molar-refractivity contribution in [2.24, 2.45) is 0 Å². The van der Waals surface area contributed by atoms with Crippen LogP contribution in [0.1, 0.15) is 27.7 Å². The number of fused-ring (bicyclic) bond motifs is 2. The Morgan fingerprint density at radius 3 is 2.55 bits per heavy atom. The monoisotopic (exact) mass is 417 g/mol. The lowest BCUT2D eigenvalue weighted by Crippen LogP contribution is -2.29. The highest BCUT2D eigenvalue weighted by molar-refractivity contribution is 6.10. The molecule has 5 rings (SSSR count). The van der Waals surface area contributed by atoms with E-state index in [4.69, 9.17) is 9.15 Å². The lowest BCUT2D eigenvalue weighted by atomic mass is 9.98. The highest BCUT2D eigenvalue weighted by Gasteiger charge is 2.43. The number of rotatable bonds is 3. The van der Waals surface area contributed by atoms with Gasteiger partial charge in [0.2, 0.25) is 5.76 Å². The van der Waals surface area contributed by atoms with Gasteiger partial charge in [0.25, 0.3) is 5.91 Å². The van der Waals surface area contributed by atoms with Crippen LogP contribution in [0.3, 0.4) is 0 Å². The topological polar surface area (TPSA) is 80.0 Å². The minimum atomic E-state index is -0.820. The van der Waals surface area contributed by atoms with Gasteiger partial charge in [0.1, 0.15) is 22.9 Å². The fourth-order valence-corrected chi connectivity index (χ4v) is 3.94. The zero-order valence-corrected chi connectivity index (χ0v) is 16.3. The molecule has 0 aliphatic carbocycles. The number of nitrogens with zero attached hydrogens (tertiary/aromatic N) is 1. The third-order valence-corrected chi connectivity index (χ3v) is 5.37. The van der Waals surface area contributed by atoms with Crippen LogP contribution in [0.4, 0.5) is 10.1 Å². The zero-order chi connectivity index (χ0) is 21.7. The molecule has 1 atom stereocenters. The summed E-state index contributed by atoms with van der Waals surface area (Å²) < 4.78 is 24.9. The van der Waals surface area contributed by atoms with Crippen molar-refractivity contribution >= 4 is 22.6 Å². The van der Waals surface area contributed by atoms with Gasteiger partial charge in [-0.2, -0.15) is 0 Å². The maximum Gasteiger partial charge on any atom is 0.295 e. The predicted molar refractivity (Wildman–Crippen MR) is 112 cm³/mol. The Morgan fingerprint density at radius 1 is 1.03 bits per heavy atom. The number of hydrogen-bond acceptors (Lipinski definition) is 5. The first-order chi connectivity index (χ1) is 15.0. The minimum Gasteiger partial charge on any atom is -0.508 e. The van der Waals surface area contributed by atoms with Crippen LogP contribution >= 0.6 is 0 Å². The number of hydrogen-bond donors (Lipinski definition) is 1. The Morgan fingerprint density at radius 2 is 1.81 bits per heavy atom. The molecule has 4 aromatic rings. The molecule has 1 N–H and O–H groups in total. The van der Waals surface area contributed by atoms with Crippen LogP contribution < -0.4 is 15.1 Å². The number of amides is 1. The third-order valence-electron chi connectivity index (χ3n) is 5.37. The summed E-state index contributed by atoms with van der Waals surface area (Å²) in [6.45, 7) is 0. The number of methoxy groups -OCH3 is 1. The van der Waals surface area contributed by atoms with Gasteiger partial charge in [0.15, 0.2) is 5.43 Å². The molecule has 6 nitrogen and oxygen atoms in total. The van der Waals surface area contributed by atoms with E-state index >= 15 is 0 Å². The normalized spacial score (nSPS) is 15.4. The number of ether oxygens (including phenoxy) is 1. The van der Waals surface area contributed by atoms with Crippen LogP contribution in [0, 0.1) is 5.82 Å². The van der Waals surface area contributed by atoms with E-state index < -0.39 is 23.2 Å². The molecule has 1 aliphatic heterocycles. The minimum absolute atomic E-state index is 0.0499. The summed E-state index contributed by atoms with van der Waals surface area (Å²) in [7, 11) is 1.52. The van der Waals surface area contributed by atoms with Crippen molar-refractivity contribution in [1.29, 1.82) is 0 Å². The van der Waals surface area contributed by atoms with Crippen molar-refractivity contribution < 1.29 is 23.4 Å². The number of aromatic hydroxyl groups is 1. The highest BCUT2D eigenvalue weighted by atomic mass is 19.1. The summed E-state index contributed by atoms with van der Waals surface area (Å²) in [5.74, 6) is -0.573. The number of phenolic OH excluding ortho intramolecular Hbond substituents is 1. The summed E-state index contributed by atoms with van der Waals surface area (Å²) in [5.41, 5.74) is 0.874.